The second-order valence-electron chi connectivity index (χ2n) is 4.44. The van der Waals surface area contributed by atoms with Crippen LogP contribution in [0.3, 0.4) is 0 Å². The fraction of sp³-hybridized carbons (Fsp3) is 0.462. The van der Waals surface area contributed by atoms with Gasteiger partial charge in [-0.2, -0.15) is 0 Å². The summed E-state index contributed by atoms with van der Waals surface area (Å²) in [5, 5.41) is 39.2. The zero-order valence-electron chi connectivity index (χ0n) is 11.5. The van der Waals surface area contributed by atoms with E-state index in [2.05, 4.69) is 0 Å². The van der Waals surface area contributed by atoms with Crippen molar-refractivity contribution in [2.24, 2.45) is 0 Å². The lowest BCUT2D eigenvalue weighted by Gasteiger charge is -2.09. The molecule has 0 unspecified atom stereocenters. The summed E-state index contributed by atoms with van der Waals surface area (Å²) in [7, 11) is 0. The molecule has 0 saturated heterocycles. The highest BCUT2D eigenvalue weighted by Gasteiger charge is 2.30. The van der Waals surface area contributed by atoms with Gasteiger partial charge in [0.2, 0.25) is 11.5 Å². The number of carbonyl (C=O) groups excluding carboxylic acids is 1. The van der Waals surface area contributed by atoms with Crippen LogP contribution in [-0.2, 0) is 4.74 Å². The van der Waals surface area contributed by atoms with E-state index in [1.807, 2.05) is 6.92 Å². The zero-order chi connectivity index (χ0) is 16.0. The number of nitrogens with zero attached hydrogens (tertiary/aromatic N) is 1. The molecule has 0 radical (unpaired) electrons. The summed E-state index contributed by atoms with van der Waals surface area (Å²) >= 11 is 0. The van der Waals surface area contributed by atoms with Crippen molar-refractivity contribution < 1.29 is 29.8 Å². The van der Waals surface area contributed by atoms with Crippen molar-refractivity contribution in [1.29, 1.82) is 0 Å². The first-order valence-electron chi connectivity index (χ1n) is 6.49. The van der Waals surface area contributed by atoms with Crippen molar-refractivity contribution in [1.82, 2.24) is 0 Å². The topological polar surface area (TPSA) is 130 Å². The minimum absolute atomic E-state index is 0.0758. The van der Waals surface area contributed by atoms with Gasteiger partial charge in [0, 0.05) is 6.07 Å². The van der Waals surface area contributed by atoms with Gasteiger partial charge in [-0.3, -0.25) is 10.1 Å². The molecule has 0 aliphatic rings. The third kappa shape index (κ3) is 3.98. The quantitative estimate of drug-likeness (QED) is 0.305. The number of nitro groups is 1. The third-order valence-corrected chi connectivity index (χ3v) is 2.85. The molecule has 8 heteroatoms. The molecule has 0 fully saturated rings. The maximum Gasteiger partial charge on any atom is 0.353 e. The molecule has 0 bridgehead atoms. The molecule has 0 amide bonds. The van der Waals surface area contributed by atoms with Gasteiger partial charge in [-0.1, -0.05) is 26.2 Å². The Morgan fingerprint density at radius 2 is 1.90 bits per heavy atom. The van der Waals surface area contributed by atoms with Crippen molar-refractivity contribution in [2.75, 3.05) is 6.61 Å². The number of hydrogen-bond acceptors (Lipinski definition) is 7. The van der Waals surface area contributed by atoms with Gasteiger partial charge in [-0.05, 0) is 6.42 Å². The molecule has 0 atom stereocenters. The Morgan fingerprint density at radius 1 is 1.24 bits per heavy atom. The van der Waals surface area contributed by atoms with Crippen LogP contribution in [0, 0.1) is 10.1 Å². The Hall–Kier alpha value is -2.51. The number of phenolic OH excluding ortho intramolecular Hbond substituents is 3. The molecular formula is C13H17NO7. The molecule has 0 aliphatic carbocycles. The molecule has 0 aliphatic heterocycles. The standard InChI is InChI=1S/C13H17NO7/c1-2-3-4-5-6-21-13(18)10-8(15)7-9(16)11(12(10)17)14(19)20/h7,15-17H,2-6H2,1H3. The van der Waals surface area contributed by atoms with Gasteiger partial charge in [-0.15, -0.1) is 0 Å². The predicted molar refractivity (Wildman–Crippen MR) is 72.5 cm³/mol. The minimum atomic E-state index is -1.11. The van der Waals surface area contributed by atoms with Crippen LogP contribution >= 0.6 is 0 Å². The molecule has 0 spiro atoms. The van der Waals surface area contributed by atoms with E-state index in [0.29, 0.717) is 12.5 Å². The normalized spacial score (nSPS) is 10.3. The predicted octanol–water partition coefficient (Wildman–Crippen LogP) is 2.45. The van der Waals surface area contributed by atoms with E-state index in [-0.39, 0.29) is 6.61 Å². The number of nitro benzene ring substituents is 1. The highest BCUT2D eigenvalue weighted by atomic mass is 16.6. The minimum Gasteiger partial charge on any atom is -0.507 e. The van der Waals surface area contributed by atoms with Crippen LogP contribution in [0.25, 0.3) is 0 Å². The molecule has 21 heavy (non-hydrogen) atoms. The van der Waals surface area contributed by atoms with Gasteiger partial charge in [0.1, 0.15) is 5.75 Å². The zero-order valence-corrected chi connectivity index (χ0v) is 11.5. The van der Waals surface area contributed by atoms with Crippen molar-refractivity contribution in [2.45, 2.75) is 32.6 Å². The van der Waals surface area contributed by atoms with Crippen LogP contribution in [0.4, 0.5) is 5.69 Å². The third-order valence-electron chi connectivity index (χ3n) is 2.85. The van der Waals surface area contributed by atoms with E-state index in [1.165, 1.54) is 0 Å². The fourth-order valence-corrected chi connectivity index (χ4v) is 1.78. The van der Waals surface area contributed by atoms with Crippen molar-refractivity contribution in [3.63, 3.8) is 0 Å². The van der Waals surface area contributed by atoms with E-state index in [9.17, 15) is 30.2 Å². The van der Waals surface area contributed by atoms with E-state index in [0.717, 1.165) is 19.3 Å². The number of aromatic hydroxyl groups is 3. The van der Waals surface area contributed by atoms with Crippen molar-refractivity contribution in [3.05, 3.63) is 21.7 Å². The number of ether oxygens (including phenoxy) is 1. The molecule has 1 aromatic rings. The number of carbonyl (C=O) groups is 1. The van der Waals surface area contributed by atoms with E-state index < -0.39 is 39.4 Å². The summed E-state index contributed by atoms with van der Waals surface area (Å²) in [5.74, 6) is -3.91. The molecule has 0 aromatic heterocycles. The first-order chi connectivity index (χ1) is 9.90. The Morgan fingerprint density at radius 3 is 2.48 bits per heavy atom. The SMILES string of the molecule is CCCCCCOC(=O)c1c(O)cc(O)c([N+](=O)[O-])c1O. The van der Waals surface area contributed by atoms with Crippen LogP contribution in [0.15, 0.2) is 6.07 Å². The summed E-state index contributed by atoms with van der Waals surface area (Å²) in [6.45, 7) is 2.10. The molecular weight excluding hydrogens is 282 g/mol. The van der Waals surface area contributed by atoms with Gasteiger partial charge in [0.05, 0.1) is 11.5 Å². The van der Waals surface area contributed by atoms with Gasteiger partial charge >= 0.3 is 11.7 Å². The number of phenols is 3. The molecule has 3 N–H and O–H groups in total. The summed E-state index contributed by atoms with van der Waals surface area (Å²) in [6.07, 6.45) is 3.47. The number of benzene rings is 1. The highest BCUT2D eigenvalue weighted by Crippen LogP contribution is 2.43. The van der Waals surface area contributed by atoms with Crippen LogP contribution in [-0.4, -0.2) is 32.8 Å². The van der Waals surface area contributed by atoms with Gasteiger partial charge in [0.25, 0.3) is 0 Å². The van der Waals surface area contributed by atoms with Crippen LogP contribution in [0.2, 0.25) is 0 Å². The number of unbranched alkanes of at least 4 members (excludes halogenated alkanes) is 3. The first kappa shape index (κ1) is 16.5. The molecule has 1 rings (SSSR count). The highest BCUT2D eigenvalue weighted by molar-refractivity contribution is 5.97. The summed E-state index contributed by atoms with van der Waals surface area (Å²) in [4.78, 5) is 21.4. The smallest absolute Gasteiger partial charge is 0.353 e. The average Bonchev–Trinajstić information content (AvgIpc) is 2.37. The lowest BCUT2D eigenvalue weighted by molar-refractivity contribution is -0.386. The monoisotopic (exact) mass is 299 g/mol. The molecule has 116 valence electrons. The Kier molecular flexibility index (Phi) is 5.77. The summed E-state index contributed by atoms with van der Waals surface area (Å²) in [5.41, 5.74) is -1.78. The van der Waals surface area contributed by atoms with Gasteiger partial charge < -0.3 is 20.1 Å². The van der Waals surface area contributed by atoms with Crippen molar-refractivity contribution >= 4 is 11.7 Å². The summed E-state index contributed by atoms with van der Waals surface area (Å²) in [6, 6.07) is 0.617. The lowest BCUT2D eigenvalue weighted by Crippen LogP contribution is -2.08. The number of hydrogen-bond donors (Lipinski definition) is 3. The van der Waals surface area contributed by atoms with Crippen LogP contribution < -0.4 is 0 Å². The molecule has 1 aromatic carbocycles. The first-order valence-corrected chi connectivity index (χ1v) is 6.49. The van der Waals surface area contributed by atoms with Gasteiger partial charge in [0.15, 0.2) is 5.56 Å². The maximum atomic E-state index is 11.8. The number of rotatable bonds is 7. The Labute approximate surface area is 120 Å². The Bertz CT molecular complexity index is 542. The number of esters is 1. The summed E-state index contributed by atoms with van der Waals surface area (Å²) < 4.78 is 4.85. The van der Waals surface area contributed by atoms with Gasteiger partial charge in [-0.25, -0.2) is 4.79 Å². The second kappa shape index (κ2) is 7.32. The van der Waals surface area contributed by atoms with E-state index in [4.69, 9.17) is 4.74 Å². The largest absolute Gasteiger partial charge is 0.507 e. The van der Waals surface area contributed by atoms with Crippen molar-refractivity contribution in [3.8, 4) is 17.2 Å². The fourth-order valence-electron chi connectivity index (χ4n) is 1.78. The molecule has 0 saturated carbocycles. The maximum absolute atomic E-state index is 11.8. The second-order valence-corrected chi connectivity index (χ2v) is 4.44. The lowest BCUT2D eigenvalue weighted by atomic mass is 10.1. The van der Waals surface area contributed by atoms with E-state index in [1.54, 1.807) is 0 Å². The van der Waals surface area contributed by atoms with Crippen LogP contribution in [0.5, 0.6) is 17.2 Å². The average molecular weight is 299 g/mol. The molecule has 0 heterocycles. The molecule has 8 nitrogen and oxygen atoms in total. The Balaban J connectivity index is 2.89. The van der Waals surface area contributed by atoms with Crippen LogP contribution in [0.1, 0.15) is 43.0 Å². The van der Waals surface area contributed by atoms with E-state index >= 15 is 0 Å².